The molecule has 0 saturated carbocycles. The van der Waals surface area contributed by atoms with Crippen LogP contribution in [0.2, 0.25) is 5.82 Å². The normalized spacial score (nSPS) is 18.1. The van der Waals surface area contributed by atoms with Crippen LogP contribution >= 0.6 is 0 Å². The molecule has 0 amide bonds. The van der Waals surface area contributed by atoms with Crippen LogP contribution in [0.1, 0.15) is 6.42 Å². The Bertz CT molecular complexity index is 111. The van der Waals surface area contributed by atoms with E-state index < -0.39 is 0 Å². The Balaban J connectivity index is 2.45. The molecule has 0 spiro atoms. The summed E-state index contributed by atoms with van der Waals surface area (Å²) >= 11 is 1.91. The molecule has 0 N–H and O–H groups in total. The fraction of sp³-hybridized carbons (Fsp3) is 0.333. The van der Waals surface area contributed by atoms with E-state index >= 15 is 0 Å². The molecule has 0 heterocycles. The Morgan fingerprint density at radius 1 is 1.71 bits per heavy atom. The summed E-state index contributed by atoms with van der Waals surface area (Å²) in [6.07, 6.45) is 7.57. The molecule has 0 aromatic rings. The van der Waals surface area contributed by atoms with Gasteiger partial charge in [-0.1, -0.05) is 0 Å². The summed E-state index contributed by atoms with van der Waals surface area (Å²) < 4.78 is 1.46. The molecule has 43 valence electrons. The van der Waals surface area contributed by atoms with Crippen LogP contribution in [0.3, 0.4) is 0 Å². The van der Waals surface area contributed by atoms with Crippen molar-refractivity contribution < 1.29 is 15.0 Å². The van der Waals surface area contributed by atoms with Crippen molar-refractivity contribution in [2.24, 2.45) is 0 Å². The first-order valence-corrected chi connectivity index (χ1v) is 3.58. The first kappa shape index (κ1) is 5.14. The van der Waals surface area contributed by atoms with E-state index in [1.807, 2.05) is 15.0 Å². The monoisotopic (exact) mass is 143 g/mol. The molecule has 0 radical (unpaired) electrons. The maximum atomic E-state index is 2.17. The molecule has 1 rings (SSSR count). The molecule has 0 atom stereocenters. The summed E-state index contributed by atoms with van der Waals surface area (Å²) in [4.78, 5) is 0. The van der Waals surface area contributed by atoms with Crippen LogP contribution in [-0.2, 0) is 15.0 Å². The third kappa shape index (κ3) is 1.18. The zero-order valence-corrected chi connectivity index (χ0v) is 5.18. The van der Waals surface area contributed by atoms with E-state index in [4.69, 9.17) is 0 Å². The molecule has 0 aliphatic heterocycles. The zero-order valence-electron chi connectivity index (χ0n) is 4.24. The Hall–Kier alpha value is -0.000519. The predicted molar refractivity (Wildman–Crippen MR) is 27.7 cm³/mol. The number of allylic oxidation sites excluding steroid dienone is 4. The standard InChI is InChI=1S/C5H5.CH3.Cu/c1-2-4-5-3-1;;/h1-3H,4H2;1H3;. The van der Waals surface area contributed by atoms with E-state index in [2.05, 4.69) is 24.1 Å². The van der Waals surface area contributed by atoms with Crippen LogP contribution in [0.5, 0.6) is 0 Å². The second kappa shape index (κ2) is 2.34. The second-order valence-corrected chi connectivity index (χ2v) is 2.42. The Morgan fingerprint density at radius 3 is 2.86 bits per heavy atom. The van der Waals surface area contributed by atoms with Crippen LogP contribution in [0.4, 0.5) is 0 Å². The van der Waals surface area contributed by atoms with Gasteiger partial charge in [0.1, 0.15) is 0 Å². The topological polar surface area (TPSA) is 0 Å². The van der Waals surface area contributed by atoms with E-state index in [1.54, 1.807) is 0 Å². The summed E-state index contributed by atoms with van der Waals surface area (Å²) in [6, 6.07) is 0. The first-order chi connectivity index (χ1) is 3.43. The van der Waals surface area contributed by atoms with Gasteiger partial charge < -0.3 is 0 Å². The van der Waals surface area contributed by atoms with Crippen molar-refractivity contribution in [2.75, 3.05) is 0 Å². The van der Waals surface area contributed by atoms with E-state index in [1.165, 1.54) is 4.47 Å². The van der Waals surface area contributed by atoms with Gasteiger partial charge in [0.05, 0.1) is 0 Å². The summed E-state index contributed by atoms with van der Waals surface area (Å²) in [5.41, 5.74) is 0. The van der Waals surface area contributed by atoms with Gasteiger partial charge in [-0.15, -0.1) is 0 Å². The van der Waals surface area contributed by atoms with Gasteiger partial charge in [0, 0.05) is 0 Å². The second-order valence-electron chi connectivity index (χ2n) is 1.35. The van der Waals surface area contributed by atoms with Gasteiger partial charge in [-0.25, -0.2) is 0 Å². The van der Waals surface area contributed by atoms with E-state index in [0.717, 1.165) is 6.42 Å². The molecule has 0 saturated heterocycles. The average Bonchev–Trinajstić information content (AvgIpc) is 2.14. The third-order valence-electron chi connectivity index (χ3n) is 0.891. The molecule has 7 heavy (non-hydrogen) atoms. The predicted octanol–water partition coefficient (Wildman–Crippen LogP) is 1.96. The van der Waals surface area contributed by atoms with Gasteiger partial charge in [-0.2, -0.15) is 0 Å². The molecule has 0 unspecified atom stereocenters. The van der Waals surface area contributed by atoms with Gasteiger partial charge in [-0.3, -0.25) is 0 Å². The summed E-state index contributed by atoms with van der Waals surface area (Å²) in [5.74, 6) is 2.10. The summed E-state index contributed by atoms with van der Waals surface area (Å²) in [6.45, 7) is 0. The quantitative estimate of drug-likeness (QED) is 0.493. The van der Waals surface area contributed by atoms with Gasteiger partial charge in [0.2, 0.25) is 0 Å². The Kier molecular flexibility index (Phi) is 1.72. The van der Waals surface area contributed by atoms with Crippen molar-refractivity contribution in [3.8, 4) is 0 Å². The van der Waals surface area contributed by atoms with Crippen LogP contribution in [0.25, 0.3) is 0 Å². The van der Waals surface area contributed by atoms with Crippen molar-refractivity contribution >= 4 is 0 Å². The van der Waals surface area contributed by atoms with Crippen LogP contribution < -0.4 is 0 Å². The molecule has 0 nitrogen and oxygen atoms in total. The van der Waals surface area contributed by atoms with Crippen LogP contribution in [0, 0.1) is 0 Å². The van der Waals surface area contributed by atoms with Crippen molar-refractivity contribution in [2.45, 2.75) is 12.2 Å². The molecular formula is C6H8Cu. The van der Waals surface area contributed by atoms with Gasteiger partial charge in [-0.05, 0) is 0 Å². The fourth-order valence-electron chi connectivity index (χ4n) is 0.517. The van der Waals surface area contributed by atoms with E-state index in [9.17, 15) is 0 Å². The Morgan fingerprint density at radius 2 is 2.57 bits per heavy atom. The summed E-state index contributed by atoms with van der Waals surface area (Å²) in [7, 11) is 0. The molecule has 1 aliphatic rings. The SMILES string of the molecule is [CH3][Cu][C]1=CC=CC1. The van der Waals surface area contributed by atoms with Crippen LogP contribution in [0.15, 0.2) is 22.7 Å². The van der Waals surface area contributed by atoms with Crippen molar-refractivity contribution in [3.05, 3.63) is 22.7 Å². The molecule has 1 heteroatoms. The van der Waals surface area contributed by atoms with Crippen molar-refractivity contribution in [1.29, 1.82) is 0 Å². The molecule has 0 fully saturated rings. The molecule has 0 aromatic heterocycles. The summed E-state index contributed by atoms with van der Waals surface area (Å²) in [5, 5.41) is 0. The van der Waals surface area contributed by atoms with Crippen molar-refractivity contribution in [3.63, 3.8) is 0 Å². The number of hydrogen-bond donors (Lipinski definition) is 0. The van der Waals surface area contributed by atoms with Gasteiger partial charge >= 0.3 is 49.9 Å². The first-order valence-electron chi connectivity index (χ1n) is 2.17. The fourth-order valence-corrected chi connectivity index (χ4v) is 1.07. The molecule has 1 aliphatic carbocycles. The minimum atomic E-state index is 1.15. The van der Waals surface area contributed by atoms with E-state index in [0.29, 0.717) is 0 Å². The molecular weight excluding hydrogens is 136 g/mol. The average molecular weight is 144 g/mol. The van der Waals surface area contributed by atoms with E-state index in [-0.39, 0.29) is 0 Å². The maximum absolute atomic E-state index is 2.17. The number of rotatable bonds is 1. The molecule has 0 aromatic carbocycles. The van der Waals surface area contributed by atoms with Crippen molar-refractivity contribution in [1.82, 2.24) is 0 Å². The molecule has 0 bridgehead atoms. The number of hydrogen-bond acceptors (Lipinski definition) is 0. The Labute approximate surface area is 50.5 Å². The van der Waals surface area contributed by atoms with Crippen LogP contribution in [-0.4, -0.2) is 0 Å². The van der Waals surface area contributed by atoms with Gasteiger partial charge in [0.25, 0.3) is 0 Å². The third-order valence-corrected chi connectivity index (χ3v) is 1.85. The minimum absolute atomic E-state index is 1.15. The zero-order chi connectivity index (χ0) is 5.11. The van der Waals surface area contributed by atoms with Gasteiger partial charge in [0.15, 0.2) is 0 Å².